The van der Waals surface area contributed by atoms with E-state index < -0.39 is 0 Å². The number of phenols is 1. The van der Waals surface area contributed by atoms with Gasteiger partial charge in [0.05, 0.1) is 25.9 Å². The third-order valence-electron chi connectivity index (χ3n) is 2.63. The van der Waals surface area contributed by atoms with Gasteiger partial charge >= 0.3 is 0 Å². The van der Waals surface area contributed by atoms with Gasteiger partial charge in [0.15, 0.2) is 11.5 Å². The summed E-state index contributed by atoms with van der Waals surface area (Å²) in [5.41, 5.74) is 0.839. The molecule has 1 heterocycles. The molecule has 1 saturated heterocycles. The van der Waals surface area contributed by atoms with Crippen molar-refractivity contribution in [3.8, 4) is 11.5 Å². The molecule has 0 aliphatic carbocycles. The van der Waals surface area contributed by atoms with Gasteiger partial charge in [0, 0.05) is 12.1 Å². The molecule has 2 rings (SSSR count). The lowest BCUT2D eigenvalue weighted by Gasteiger charge is -2.25. The number of phenolic OH excluding ortho intramolecular Hbond substituents is 1. The maximum absolute atomic E-state index is 10.1. The molecular formula is C12H18ClNO3. The van der Waals surface area contributed by atoms with Gasteiger partial charge in [-0.25, -0.2) is 0 Å². The van der Waals surface area contributed by atoms with Crippen LogP contribution in [0, 0.1) is 0 Å². The third kappa shape index (κ3) is 3.25. The smallest absolute Gasteiger partial charge is 0.162 e. The highest BCUT2D eigenvalue weighted by Crippen LogP contribution is 2.34. The summed E-state index contributed by atoms with van der Waals surface area (Å²) >= 11 is 0. The highest BCUT2D eigenvalue weighted by atomic mass is 35.5. The lowest BCUT2D eigenvalue weighted by atomic mass is 10.1. The molecule has 1 aromatic rings. The Bertz CT molecular complexity index is 354. The largest absolute Gasteiger partial charge is 0.504 e. The summed E-state index contributed by atoms with van der Waals surface area (Å²) in [6, 6.07) is 5.60. The van der Waals surface area contributed by atoms with Crippen LogP contribution in [-0.2, 0) is 4.74 Å². The van der Waals surface area contributed by atoms with Gasteiger partial charge in [-0.05, 0) is 13.0 Å². The summed E-state index contributed by atoms with van der Waals surface area (Å²) in [6.07, 6.45) is 0. The molecule has 5 heteroatoms. The maximum Gasteiger partial charge on any atom is 0.162 e. The number of rotatable bonds is 3. The zero-order chi connectivity index (χ0) is 11.4. The number of ether oxygens (including phenoxy) is 2. The fourth-order valence-corrected chi connectivity index (χ4v) is 1.86. The van der Waals surface area contributed by atoms with Gasteiger partial charge in [0.25, 0.3) is 0 Å². The SMILES string of the molecule is CCOc1cccc([C@H]2COCCN2)c1O.Cl. The van der Waals surface area contributed by atoms with Crippen molar-refractivity contribution in [3.05, 3.63) is 23.8 Å². The predicted octanol–water partition coefficient (Wildman–Crippen LogP) is 1.87. The molecule has 0 amide bonds. The Morgan fingerprint density at radius 1 is 1.53 bits per heavy atom. The number of benzene rings is 1. The van der Waals surface area contributed by atoms with Crippen LogP contribution in [-0.4, -0.2) is 31.5 Å². The van der Waals surface area contributed by atoms with Gasteiger partial charge in [-0.3, -0.25) is 0 Å². The minimum Gasteiger partial charge on any atom is -0.504 e. The fourth-order valence-electron chi connectivity index (χ4n) is 1.86. The summed E-state index contributed by atoms with van der Waals surface area (Å²) in [5, 5.41) is 13.4. The van der Waals surface area contributed by atoms with Gasteiger partial charge < -0.3 is 19.9 Å². The first-order valence-electron chi connectivity index (χ1n) is 5.58. The summed E-state index contributed by atoms with van der Waals surface area (Å²) in [4.78, 5) is 0. The number of para-hydroxylation sites is 1. The molecular weight excluding hydrogens is 242 g/mol. The highest BCUT2D eigenvalue weighted by molar-refractivity contribution is 5.85. The maximum atomic E-state index is 10.1. The normalized spacial score (nSPS) is 19.5. The Morgan fingerprint density at radius 3 is 3.00 bits per heavy atom. The van der Waals surface area contributed by atoms with Gasteiger partial charge in [-0.15, -0.1) is 12.4 Å². The van der Waals surface area contributed by atoms with Crippen LogP contribution in [0.1, 0.15) is 18.5 Å². The van der Waals surface area contributed by atoms with Crippen LogP contribution in [0.5, 0.6) is 11.5 Å². The molecule has 4 nitrogen and oxygen atoms in total. The predicted molar refractivity (Wildman–Crippen MR) is 68.1 cm³/mol. The average Bonchev–Trinajstić information content (AvgIpc) is 2.33. The van der Waals surface area contributed by atoms with E-state index in [1.807, 2.05) is 19.1 Å². The van der Waals surface area contributed by atoms with E-state index in [2.05, 4.69) is 5.32 Å². The molecule has 1 fully saturated rings. The van der Waals surface area contributed by atoms with Crippen molar-refractivity contribution in [2.75, 3.05) is 26.4 Å². The fraction of sp³-hybridized carbons (Fsp3) is 0.500. The average molecular weight is 260 g/mol. The van der Waals surface area contributed by atoms with Crippen molar-refractivity contribution in [2.45, 2.75) is 13.0 Å². The molecule has 0 spiro atoms. The molecule has 17 heavy (non-hydrogen) atoms. The molecule has 2 N–H and O–H groups in total. The van der Waals surface area contributed by atoms with E-state index in [0.717, 1.165) is 18.7 Å². The molecule has 0 radical (unpaired) electrons. The minimum atomic E-state index is 0. The lowest BCUT2D eigenvalue weighted by Crippen LogP contribution is -2.34. The number of hydrogen-bond acceptors (Lipinski definition) is 4. The minimum absolute atomic E-state index is 0. The molecule has 1 aromatic carbocycles. The van der Waals surface area contributed by atoms with Crippen molar-refractivity contribution in [1.29, 1.82) is 0 Å². The van der Waals surface area contributed by atoms with Crippen molar-refractivity contribution in [1.82, 2.24) is 5.32 Å². The van der Waals surface area contributed by atoms with Gasteiger partial charge in [-0.2, -0.15) is 0 Å². The number of hydrogen-bond donors (Lipinski definition) is 2. The summed E-state index contributed by atoms with van der Waals surface area (Å²) in [7, 11) is 0. The van der Waals surface area contributed by atoms with Crippen LogP contribution in [0.15, 0.2) is 18.2 Å². The monoisotopic (exact) mass is 259 g/mol. The van der Waals surface area contributed by atoms with E-state index >= 15 is 0 Å². The summed E-state index contributed by atoms with van der Waals surface area (Å²) < 4.78 is 10.7. The van der Waals surface area contributed by atoms with Crippen LogP contribution in [0.3, 0.4) is 0 Å². The highest BCUT2D eigenvalue weighted by Gasteiger charge is 2.20. The van der Waals surface area contributed by atoms with E-state index in [-0.39, 0.29) is 24.2 Å². The Balaban J connectivity index is 0.00000144. The zero-order valence-electron chi connectivity index (χ0n) is 9.81. The Morgan fingerprint density at radius 2 is 2.35 bits per heavy atom. The van der Waals surface area contributed by atoms with E-state index in [1.165, 1.54) is 0 Å². The van der Waals surface area contributed by atoms with Crippen molar-refractivity contribution in [3.63, 3.8) is 0 Å². The first-order valence-corrected chi connectivity index (χ1v) is 5.58. The second-order valence-corrected chi connectivity index (χ2v) is 3.71. The number of nitrogens with one attached hydrogen (secondary N) is 1. The van der Waals surface area contributed by atoms with Gasteiger partial charge in [0.1, 0.15) is 0 Å². The second kappa shape index (κ2) is 6.69. The third-order valence-corrected chi connectivity index (χ3v) is 2.63. The Labute approximate surface area is 107 Å². The Kier molecular flexibility index (Phi) is 5.55. The van der Waals surface area contributed by atoms with Gasteiger partial charge in [-0.1, -0.05) is 12.1 Å². The molecule has 96 valence electrons. The summed E-state index contributed by atoms with van der Waals surface area (Å²) in [6.45, 7) is 4.56. The second-order valence-electron chi connectivity index (χ2n) is 3.71. The van der Waals surface area contributed by atoms with Crippen molar-refractivity contribution < 1.29 is 14.6 Å². The van der Waals surface area contributed by atoms with E-state index in [0.29, 0.717) is 19.0 Å². The van der Waals surface area contributed by atoms with Crippen LogP contribution >= 0.6 is 12.4 Å². The molecule has 0 aromatic heterocycles. The first kappa shape index (κ1) is 14.1. The molecule has 1 aliphatic rings. The first-order chi connectivity index (χ1) is 7.83. The van der Waals surface area contributed by atoms with Crippen LogP contribution in [0.2, 0.25) is 0 Å². The Hall–Kier alpha value is -0.970. The van der Waals surface area contributed by atoms with E-state index in [4.69, 9.17) is 9.47 Å². The van der Waals surface area contributed by atoms with Crippen molar-refractivity contribution in [2.24, 2.45) is 0 Å². The quantitative estimate of drug-likeness (QED) is 0.870. The standard InChI is InChI=1S/C12H17NO3.ClH/c1-2-16-11-5-3-4-9(12(11)14)10-8-15-7-6-13-10;/h3-5,10,13-14H,2,6-8H2,1H3;1H/t10-;/m1./s1. The topological polar surface area (TPSA) is 50.7 Å². The van der Waals surface area contributed by atoms with E-state index in [9.17, 15) is 5.11 Å². The van der Waals surface area contributed by atoms with E-state index in [1.54, 1.807) is 6.07 Å². The van der Waals surface area contributed by atoms with Crippen LogP contribution < -0.4 is 10.1 Å². The van der Waals surface area contributed by atoms with Crippen LogP contribution in [0.25, 0.3) is 0 Å². The molecule has 0 saturated carbocycles. The number of aromatic hydroxyl groups is 1. The number of morpholine rings is 1. The summed E-state index contributed by atoms with van der Waals surface area (Å²) in [5.74, 6) is 0.750. The lowest BCUT2D eigenvalue weighted by molar-refractivity contribution is 0.0759. The van der Waals surface area contributed by atoms with Crippen LogP contribution in [0.4, 0.5) is 0 Å². The van der Waals surface area contributed by atoms with Gasteiger partial charge in [0.2, 0.25) is 0 Å². The number of halogens is 1. The van der Waals surface area contributed by atoms with Crippen molar-refractivity contribution >= 4 is 12.4 Å². The molecule has 1 atom stereocenters. The molecule has 0 bridgehead atoms. The molecule has 0 unspecified atom stereocenters. The molecule has 1 aliphatic heterocycles. The zero-order valence-corrected chi connectivity index (χ0v) is 10.6.